The molecule has 0 saturated carbocycles. The highest BCUT2D eigenvalue weighted by Gasteiger charge is 2.17. The molecule has 4 nitrogen and oxygen atoms in total. The van der Waals surface area contributed by atoms with E-state index in [9.17, 15) is 0 Å². The van der Waals surface area contributed by atoms with Gasteiger partial charge in [-0.15, -0.1) is 0 Å². The maximum atomic E-state index is 5.54. The van der Waals surface area contributed by atoms with Gasteiger partial charge in [-0.1, -0.05) is 6.92 Å². The lowest BCUT2D eigenvalue weighted by Crippen LogP contribution is -2.15. The van der Waals surface area contributed by atoms with Crippen molar-refractivity contribution in [1.82, 2.24) is 5.32 Å². The van der Waals surface area contributed by atoms with E-state index in [1.165, 1.54) is 5.56 Å². The summed E-state index contributed by atoms with van der Waals surface area (Å²) in [6, 6.07) is 3.90. The molecule has 3 rings (SSSR count). The van der Waals surface area contributed by atoms with Gasteiger partial charge in [-0.05, 0) is 31.1 Å². The third-order valence-corrected chi connectivity index (χ3v) is 2.97. The minimum Gasteiger partial charge on any atom is -0.464 e. The van der Waals surface area contributed by atoms with Crippen LogP contribution >= 0.6 is 0 Å². The standard InChI is InChI=1S/C13H15NO3/c1-2-14-4-3-9-7-15-11-6-13-12(5-10(9)11)16-8-17-13/h5-7,14H,2-4,8H2,1H3. The van der Waals surface area contributed by atoms with Gasteiger partial charge in [0, 0.05) is 11.5 Å². The summed E-state index contributed by atoms with van der Waals surface area (Å²) in [6.45, 7) is 4.35. The normalized spacial score (nSPS) is 13.5. The van der Waals surface area contributed by atoms with Crippen LogP contribution in [0.15, 0.2) is 22.8 Å². The third-order valence-electron chi connectivity index (χ3n) is 2.97. The fourth-order valence-corrected chi connectivity index (χ4v) is 2.06. The topological polar surface area (TPSA) is 43.6 Å². The molecule has 0 fully saturated rings. The maximum absolute atomic E-state index is 5.54. The molecule has 1 aromatic carbocycles. The van der Waals surface area contributed by atoms with Crippen molar-refractivity contribution in [2.24, 2.45) is 0 Å². The zero-order valence-electron chi connectivity index (χ0n) is 9.79. The summed E-state index contributed by atoms with van der Waals surface area (Å²) in [5.74, 6) is 1.58. The van der Waals surface area contributed by atoms with Gasteiger partial charge in [-0.3, -0.25) is 0 Å². The van der Waals surface area contributed by atoms with Gasteiger partial charge >= 0.3 is 0 Å². The number of nitrogens with one attached hydrogen (secondary N) is 1. The maximum Gasteiger partial charge on any atom is 0.231 e. The van der Waals surface area contributed by atoms with E-state index in [4.69, 9.17) is 13.9 Å². The largest absolute Gasteiger partial charge is 0.464 e. The van der Waals surface area contributed by atoms with Crippen LogP contribution in [0.2, 0.25) is 0 Å². The van der Waals surface area contributed by atoms with E-state index in [1.807, 2.05) is 18.4 Å². The van der Waals surface area contributed by atoms with Crippen LogP contribution < -0.4 is 14.8 Å². The number of benzene rings is 1. The summed E-state index contributed by atoms with van der Waals surface area (Å²) < 4.78 is 16.2. The van der Waals surface area contributed by atoms with Crippen LogP contribution in [0.25, 0.3) is 11.0 Å². The molecule has 4 heteroatoms. The molecule has 0 bridgehead atoms. The lowest BCUT2D eigenvalue weighted by Gasteiger charge is -2.00. The third kappa shape index (κ3) is 1.85. The Kier molecular flexibility index (Phi) is 2.65. The molecule has 1 aliphatic rings. The molecule has 0 spiro atoms. The summed E-state index contributed by atoms with van der Waals surface area (Å²) in [4.78, 5) is 0. The van der Waals surface area contributed by atoms with Gasteiger partial charge in [0.2, 0.25) is 6.79 Å². The Hall–Kier alpha value is -1.68. The zero-order chi connectivity index (χ0) is 11.7. The summed E-state index contributed by atoms with van der Waals surface area (Å²) in [6.07, 6.45) is 2.78. The van der Waals surface area contributed by atoms with Crippen LogP contribution in [0, 0.1) is 0 Å². The fourth-order valence-electron chi connectivity index (χ4n) is 2.06. The number of furan rings is 1. The first kappa shape index (κ1) is 10.5. The van der Waals surface area contributed by atoms with Crippen molar-refractivity contribution in [3.63, 3.8) is 0 Å². The van der Waals surface area contributed by atoms with Crippen molar-refractivity contribution in [2.75, 3.05) is 19.9 Å². The second kappa shape index (κ2) is 4.30. The van der Waals surface area contributed by atoms with Gasteiger partial charge < -0.3 is 19.2 Å². The molecule has 1 N–H and O–H groups in total. The molecule has 1 aromatic heterocycles. The summed E-state index contributed by atoms with van der Waals surface area (Å²) >= 11 is 0. The first-order valence-corrected chi connectivity index (χ1v) is 5.89. The van der Waals surface area contributed by atoms with Crippen LogP contribution in [0.3, 0.4) is 0 Å². The predicted octanol–water partition coefficient (Wildman–Crippen LogP) is 2.31. The summed E-state index contributed by atoms with van der Waals surface area (Å²) in [7, 11) is 0. The first-order valence-electron chi connectivity index (χ1n) is 5.89. The SMILES string of the molecule is CCNCCc1coc2cc3c(cc12)OCO3. The summed E-state index contributed by atoms with van der Waals surface area (Å²) in [5, 5.41) is 4.42. The molecular weight excluding hydrogens is 218 g/mol. The Balaban J connectivity index is 1.92. The van der Waals surface area contributed by atoms with E-state index in [0.717, 1.165) is 42.0 Å². The molecule has 0 aliphatic carbocycles. The van der Waals surface area contributed by atoms with Crippen molar-refractivity contribution < 1.29 is 13.9 Å². The van der Waals surface area contributed by atoms with Gasteiger partial charge in [0.15, 0.2) is 11.5 Å². The van der Waals surface area contributed by atoms with Gasteiger partial charge in [0.1, 0.15) is 5.58 Å². The highest BCUT2D eigenvalue weighted by molar-refractivity contribution is 5.85. The van der Waals surface area contributed by atoms with E-state index in [2.05, 4.69) is 12.2 Å². The molecule has 17 heavy (non-hydrogen) atoms. The fraction of sp³-hybridized carbons (Fsp3) is 0.385. The van der Waals surface area contributed by atoms with E-state index >= 15 is 0 Å². The second-order valence-corrected chi connectivity index (χ2v) is 4.07. The van der Waals surface area contributed by atoms with E-state index in [1.54, 1.807) is 0 Å². The van der Waals surface area contributed by atoms with E-state index in [0.29, 0.717) is 6.79 Å². The molecule has 0 amide bonds. The highest BCUT2D eigenvalue weighted by atomic mass is 16.7. The number of ether oxygens (including phenoxy) is 2. The first-order chi connectivity index (χ1) is 8.38. The van der Waals surface area contributed by atoms with Gasteiger partial charge in [-0.2, -0.15) is 0 Å². The number of hydrogen-bond acceptors (Lipinski definition) is 4. The van der Waals surface area contributed by atoms with Crippen molar-refractivity contribution in [3.8, 4) is 11.5 Å². The Morgan fingerprint density at radius 1 is 1.24 bits per heavy atom. The molecule has 0 saturated heterocycles. The second-order valence-electron chi connectivity index (χ2n) is 4.07. The van der Waals surface area contributed by atoms with E-state index < -0.39 is 0 Å². The van der Waals surface area contributed by atoms with Gasteiger partial charge in [0.05, 0.1) is 6.26 Å². The molecular formula is C13H15NO3. The average molecular weight is 233 g/mol. The molecule has 0 atom stereocenters. The lowest BCUT2D eigenvalue weighted by molar-refractivity contribution is 0.174. The summed E-state index contributed by atoms with van der Waals surface area (Å²) in [5.41, 5.74) is 2.07. The van der Waals surface area contributed by atoms with E-state index in [-0.39, 0.29) is 0 Å². The Morgan fingerprint density at radius 2 is 2.06 bits per heavy atom. The van der Waals surface area contributed by atoms with Crippen molar-refractivity contribution in [1.29, 1.82) is 0 Å². The molecule has 0 radical (unpaired) electrons. The smallest absolute Gasteiger partial charge is 0.231 e. The van der Waals surface area contributed by atoms with Crippen molar-refractivity contribution >= 4 is 11.0 Å². The van der Waals surface area contributed by atoms with Crippen LogP contribution in [0.5, 0.6) is 11.5 Å². The highest BCUT2D eigenvalue weighted by Crippen LogP contribution is 2.37. The number of fused-ring (bicyclic) bond motifs is 2. The molecule has 2 heterocycles. The number of hydrogen-bond donors (Lipinski definition) is 1. The lowest BCUT2D eigenvalue weighted by atomic mass is 10.1. The van der Waals surface area contributed by atoms with Crippen molar-refractivity contribution in [3.05, 3.63) is 24.0 Å². The number of rotatable bonds is 4. The Bertz CT molecular complexity index is 533. The van der Waals surface area contributed by atoms with Crippen LogP contribution in [-0.2, 0) is 6.42 Å². The quantitative estimate of drug-likeness (QED) is 0.823. The Labute approximate surface area is 99.5 Å². The average Bonchev–Trinajstić information content (AvgIpc) is 2.93. The van der Waals surface area contributed by atoms with Gasteiger partial charge in [-0.25, -0.2) is 0 Å². The minimum absolute atomic E-state index is 0.300. The monoisotopic (exact) mass is 233 g/mol. The molecule has 1 aliphatic heterocycles. The predicted molar refractivity (Wildman–Crippen MR) is 64.6 cm³/mol. The molecule has 0 unspecified atom stereocenters. The van der Waals surface area contributed by atoms with Crippen LogP contribution in [0.1, 0.15) is 12.5 Å². The Morgan fingerprint density at radius 3 is 2.88 bits per heavy atom. The zero-order valence-corrected chi connectivity index (χ0v) is 9.79. The van der Waals surface area contributed by atoms with Gasteiger partial charge in [0.25, 0.3) is 0 Å². The molecule has 2 aromatic rings. The minimum atomic E-state index is 0.300. The van der Waals surface area contributed by atoms with Crippen LogP contribution in [0.4, 0.5) is 0 Å². The van der Waals surface area contributed by atoms with Crippen LogP contribution in [-0.4, -0.2) is 19.9 Å². The molecule has 90 valence electrons. The van der Waals surface area contributed by atoms with Crippen molar-refractivity contribution in [2.45, 2.75) is 13.3 Å². The number of likely N-dealkylation sites (N-methyl/N-ethyl adjacent to an activating group) is 1.